The molecule has 5 nitrogen and oxygen atoms in total. The zero-order valence-electron chi connectivity index (χ0n) is 27.1. The lowest BCUT2D eigenvalue weighted by Crippen LogP contribution is -2.71. The summed E-state index contributed by atoms with van der Waals surface area (Å²) in [7, 11) is -6.23. The maximum absolute atomic E-state index is 12.5. The lowest BCUT2D eigenvalue weighted by atomic mass is 10.1. The molecule has 0 amide bonds. The van der Waals surface area contributed by atoms with Crippen LogP contribution in [0.15, 0.2) is 133 Å². The first kappa shape index (κ1) is 32.8. The van der Waals surface area contributed by atoms with Crippen LogP contribution in [0.3, 0.4) is 0 Å². The molecule has 0 aliphatic carbocycles. The van der Waals surface area contributed by atoms with Crippen LogP contribution in [0.25, 0.3) is 0 Å². The van der Waals surface area contributed by atoms with Crippen LogP contribution >= 0.6 is 0 Å². The Hall–Kier alpha value is -3.60. The molecule has 1 unspecified atom stereocenters. The van der Waals surface area contributed by atoms with Crippen LogP contribution < -0.4 is 20.7 Å². The Bertz CT molecular complexity index is 1520. The largest absolute Gasteiger partial charge is 0.423 e. The van der Waals surface area contributed by atoms with E-state index in [1.807, 2.05) is 72.8 Å². The summed E-state index contributed by atoms with van der Waals surface area (Å²) in [5, 5.41) is 15.7. The fourth-order valence-electron chi connectivity index (χ4n) is 6.69. The average Bonchev–Trinajstić information content (AvgIpc) is 3.38. The number of ether oxygens (including phenoxy) is 1. The second kappa shape index (κ2) is 12.7. The molecule has 0 saturated carbocycles. The molecule has 45 heavy (non-hydrogen) atoms. The zero-order valence-corrected chi connectivity index (χ0v) is 29.1. The Kier molecular flexibility index (Phi) is 9.22. The Morgan fingerprint density at radius 3 is 1.31 bits per heavy atom. The minimum absolute atomic E-state index is 0.00804. The van der Waals surface area contributed by atoms with E-state index in [9.17, 15) is 9.90 Å². The molecule has 1 N–H and O–H groups in total. The van der Waals surface area contributed by atoms with E-state index in [1.54, 1.807) is 0 Å². The van der Waals surface area contributed by atoms with Gasteiger partial charge in [0.2, 0.25) is 0 Å². The van der Waals surface area contributed by atoms with Crippen molar-refractivity contribution in [2.75, 3.05) is 6.61 Å². The summed E-state index contributed by atoms with van der Waals surface area (Å²) in [6.45, 7) is 13.2. The van der Waals surface area contributed by atoms with Crippen molar-refractivity contribution < 1.29 is 23.5 Å². The van der Waals surface area contributed by atoms with Crippen molar-refractivity contribution in [3.05, 3.63) is 133 Å². The first-order chi connectivity index (χ1) is 21.3. The SMILES string of the molecule is CC(C)(C)[Si](OC[C@@H](O[Si](c1ccccc1)(c1ccccc1)C(C)(C)C)C1(O)C=CC(=O)O1)(c1ccccc1)c1ccccc1. The van der Waals surface area contributed by atoms with Gasteiger partial charge in [-0.2, -0.15) is 0 Å². The summed E-state index contributed by atoms with van der Waals surface area (Å²) in [5.74, 6) is -2.63. The van der Waals surface area contributed by atoms with E-state index in [-0.39, 0.29) is 16.7 Å². The molecular formula is C38H44O5Si2. The number of carbonyl (C=O) groups excluding carboxylic acids is 1. The van der Waals surface area contributed by atoms with Gasteiger partial charge in [-0.25, -0.2) is 4.79 Å². The number of aliphatic hydroxyl groups is 1. The lowest BCUT2D eigenvalue weighted by Gasteiger charge is -2.48. The maximum atomic E-state index is 12.5. The average molecular weight is 637 g/mol. The summed E-state index contributed by atoms with van der Waals surface area (Å²) < 4.78 is 20.4. The highest BCUT2D eigenvalue weighted by Gasteiger charge is 2.57. The summed E-state index contributed by atoms with van der Waals surface area (Å²) in [6, 6.07) is 41.2. The van der Waals surface area contributed by atoms with E-state index < -0.39 is 34.5 Å². The van der Waals surface area contributed by atoms with E-state index in [0.29, 0.717) is 0 Å². The van der Waals surface area contributed by atoms with Gasteiger partial charge < -0.3 is 18.7 Å². The summed E-state index contributed by atoms with van der Waals surface area (Å²) >= 11 is 0. The molecule has 0 aromatic heterocycles. The summed E-state index contributed by atoms with van der Waals surface area (Å²) in [5.41, 5.74) is 0. The first-order valence-electron chi connectivity index (χ1n) is 15.5. The molecule has 234 valence electrons. The van der Waals surface area contributed by atoms with Crippen LogP contribution in [0.5, 0.6) is 0 Å². The minimum Gasteiger partial charge on any atom is -0.423 e. The molecular weight excluding hydrogens is 593 g/mol. The van der Waals surface area contributed by atoms with Crippen LogP contribution in [-0.4, -0.2) is 46.2 Å². The third-order valence-electron chi connectivity index (χ3n) is 8.79. The standard InChI is InChI=1S/C38H44O5Si2/c1-36(2,3)44(30-19-11-7-12-20-30,31-21-13-8-14-22-31)41-29-34(38(40)28-27-35(39)42-38)43-45(37(4,5)6,32-23-15-9-16-24-32)33-25-17-10-18-26-33/h7-28,34,40H,29H2,1-6H3/t34-,38?/m1/s1. The number of cyclic esters (lactones) is 1. The van der Waals surface area contributed by atoms with E-state index in [4.69, 9.17) is 13.6 Å². The van der Waals surface area contributed by atoms with Gasteiger partial charge in [-0.15, -0.1) is 0 Å². The van der Waals surface area contributed by atoms with Gasteiger partial charge in [0.1, 0.15) is 6.10 Å². The molecule has 0 bridgehead atoms. The predicted molar refractivity (Wildman–Crippen MR) is 186 cm³/mol. The smallest absolute Gasteiger partial charge is 0.333 e. The quantitative estimate of drug-likeness (QED) is 0.189. The molecule has 0 saturated heterocycles. The molecule has 4 aromatic rings. The Labute approximate surface area is 269 Å². The third kappa shape index (κ3) is 6.15. The van der Waals surface area contributed by atoms with Crippen LogP contribution in [0.2, 0.25) is 10.1 Å². The number of hydrogen-bond acceptors (Lipinski definition) is 5. The molecule has 1 heterocycles. The van der Waals surface area contributed by atoms with Gasteiger partial charge in [-0.05, 0) is 36.9 Å². The van der Waals surface area contributed by atoms with Crippen molar-refractivity contribution in [2.45, 2.75) is 63.5 Å². The van der Waals surface area contributed by atoms with Crippen molar-refractivity contribution in [3.63, 3.8) is 0 Å². The fraction of sp³-hybridized carbons (Fsp3) is 0.289. The molecule has 1 aliphatic rings. The number of rotatable bonds is 10. The second-order valence-electron chi connectivity index (χ2n) is 13.8. The third-order valence-corrected chi connectivity index (χ3v) is 18.8. The van der Waals surface area contributed by atoms with Crippen LogP contribution in [0.1, 0.15) is 41.5 Å². The number of benzene rings is 4. The highest BCUT2D eigenvalue weighted by atomic mass is 28.4. The Morgan fingerprint density at radius 2 is 1.00 bits per heavy atom. The second-order valence-corrected chi connectivity index (χ2v) is 22.3. The number of esters is 1. The molecule has 0 spiro atoms. The van der Waals surface area contributed by atoms with Crippen molar-refractivity contribution in [2.24, 2.45) is 0 Å². The normalized spacial score (nSPS) is 18.1. The fourth-order valence-corrected chi connectivity index (χ4v) is 15.9. The van der Waals surface area contributed by atoms with Crippen molar-refractivity contribution >= 4 is 43.4 Å². The molecule has 7 heteroatoms. The highest BCUT2D eigenvalue weighted by molar-refractivity contribution is 7.00. The van der Waals surface area contributed by atoms with Gasteiger partial charge in [0, 0.05) is 6.08 Å². The van der Waals surface area contributed by atoms with Crippen LogP contribution in [0.4, 0.5) is 0 Å². The number of carbonyl (C=O) groups is 1. The van der Waals surface area contributed by atoms with E-state index >= 15 is 0 Å². The first-order valence-corrected chi connectivity index (χ1v) is 19.3. The van der Waals surface area contributed by atoms with E-state index in [0.717, 1.165) is 20.7 Å². The molecule has 4 aromatic carbocycles. The zero-order chi connectivity index (χ0) is 32.3. The molecule has 5 rings (SSSR count). The Balaban J connectivity index is 1.70. The Morgan fingerprint density at radius 1 is 0.644 bits per heavy atom. The van der Waals surface area contributed by atoms with Gasteiger partial charge in [0.15, 0.2) is 0 Å². The van der Waals surface area contributed by atoms with Gasteiger partial charge in [0.05, 0.1) is 6.61 Å². The summed E-state index contributed by atoms with van der Waals surface area (Å²) in [4.78, 5) is 12.5. The molecule has 0 radical (unpaired) electrons. The summed E-state index contributed by atoms with van der Waals surface area (Å²) in [6.07, 6.45) is 1.64. The van der Waals surface area contributed by atoms with Crippen molar-refractivity contribution in [1.82, 2.24) is 0 Å². The molecule has 1 aliphatic heterocycles. The number of hydrogen-bond donors (Lipinski definition) is 1. The minimum atomic E-state index is -3.20. The van der Waals surface area contributed by atoms with Gasteiger partial charge in [0.25, 0.3) is 22.4 Å². The van der Waals surface area contributed by atoms with Gasteiger partial charge in [-0.1, -0.05) is 163 Å². The predicted octanol–water partition coefficient (Wildman–Crippen LogP) is 5.31. The van der Waals surface area contributed by atoms with Gasteiger partial charge >= 0.3 is 5.97 Å². The van der Waals surface area contributed by atoms with Crippen LogP contribution in [0, 0.1) is 0 Å². The topological polar surface area (TPSA) is 65.0 Å². The van der Waals surface area contributed by atoms with Gasteiger partial charge in [-0.3, -0.25) is 0 Å². The van der Waals surface area contributed by atoms with Crippen molar-refractivity contribution in [3.8, 4) is 0 Å². The van der Waals surface area contributed by atoms with Crippen LogP contribution in [-0.2, 0) is 18.4 Å². The lowest BCUT2D eigenvalue weighted by molar-refractivity contribution is -0.212. The van der Waals surface area contributed by atoms with E-state index in [1.165, 1.54) is 12.2 Å². The van der Waals surface area contributed by atoms with Crippen molar-refractivity contribution in [1.29, 1.82) is 0 Å². The molecule has 0 fully saturated rings. The maximum Gasteiger partial charge on any atom is 0.333 e. The highest BCUT2D eigenvalue weighted by Crippen LogP contribution is 2.41. The van der Waals surface area contributed by atoms with E-state index in [2.05, 4.69) is 90.1 Å². The monoisotopic (exact) mass is 636 g/mol. The molecule has 2 atom stereocenters.